The normalized spacial score (nSPS) is 11.6. The Morgan fingerprint density at radius 1 is 1.40 bits per heavy atom. The summed E-state index contributed by atoms with van der Waals surface area (Å²) < 4.78 is 40.4. The molecule has 1 aromatic carbocycles. The molecule has 0 saturated carbocycles. The number of halogens is 3. The standard InChI is InChI=1S/C10H8Cl2FN3O2S2/c1-4-9(12)19-10(15-4)16-20(17,18)8-2-5(11)7(14)3-6(8)13/h2-3H,14H2,1H3,(H,15,16). The van der Waals surface area contributed by atoms with Crippen LogP contribution in [-0.2, 0) is 10.0 Å². The summed E-state index contributed by atoms with van der Waals surface area (Å²) >= 11 is 12.4. The van der Waals surface area contributed by atoms with E-state index in [4.69, 9.17) is 28.9 Å². The minimum atomic E-state index is -4.16. The number of nitrogens with two attached hydrogens (primary N) is 1. The molecule has 0 aliphatic carbocycles. The van der Waals surface area contributed by atoms with Gasteiger partial charge in [-0.15, -0.1) is 0 Å². The summed E-state index contributed by atoms with van der Waals surface area (Å²) in [5.74, 6) is -1.00. The quantitative estimate of drug-likeness (QED) is 0.827. The van der Waals surface area contributed by atoms with E-state index in [1.54, 1.807) is 6.92 Å². The van der Waals surface area contributed by atoms with E-state index in [0.717, 1.165) is 23.5 Å². The van der Waals surface area contributed by atoms with Gasteiger partial charge in [0.15, 0.2) is 5.13 Å². The van der Waals surface area contributed by atoms with Crippen LogP contribution >= 0.6 is 34.5 Å². The lowest BCUT2D eigenvalue weighted by molar-refractivity contribution is 0.571. The molecule has 3 N–H and O–H groups in total. The number of anilines is 2. The zero-order valence-electron chi connectivity index (χ0n) is 9.95. The van der Waals surface area contributed by atoms with E-state index in [-0.39, 0.29) is 15.8 Å². The summed E-state index contributed by atoms with van der Waals surface area (Å²) in [6.07, 6.45) is 0. The van der Waals surface area contributed by atoms with Gasteiger partial charge in [-0.1, -0.05) is 34.5 Å². The van der Waals surface area contributed by atoms with Gasteiger partial charge in [-0.2, -0.15) is 0 Å². The molecule has 0 bridgehead atoms. The highest BCUT2D eigenvalue weighted by molar-refractivity contribution is 7.93. The lowest BCUT2D eigenvalue weighted by Crippen LogP contribution is -2.14. The van der Waals surface area contributed by atoms with Gasteiger partial charge in [-0.25, -0.2) is 17.8 Å². The van der Waals surface area contributed by atoms with E-state index in [0.29, 0.717) is 10.0 Å². The van der Waals surface area contributed by atoms with Crippen LogP contribution < -0.4 is 10.5 Å². The number of rotatable bonds is 3. The van der Waals surface area contributed by atoms with Crippen LogP contribution in [0.5, 0.6) is 0 Å². The molecule has 0 amide bonds. The number of hydrogen-bond donors (Lipinski definition) is 2. The molecular formula is C10H8Cl2FN3O2S2. The van der Waals surface area contributed by atoms with Gasteiger partial charge in [0.1, 0.15) is 15.0 Å². The second kappa shape index (κ2) is 5.36. The van der Waals surface area contributed by atoms with Crippen LogP contribution in [0.3, 0.4) is 0 Å². The molecule has 0 spiro atoms. The number of nitrogens with one attached hydrogen (secondary N) is 1. The molecular weight excluding hydrogens is 348 g/mol. The second-order valence-corrected chi connectivity index (χ2v) is 7.45. The van der Waals surface area contributed by atoms with E-state index < -0.39 is 20.7 Å². The van der Waals surface area contributed by atoms with Crippen LogP contribution in [0.4, 0.5) is 15.2 Å². The van der Waals surface area contributed by atoms with Gasteiger partial charge in [0, 0.05) is 0 Å². The van der Waals surface area contributed by atoms with Crippen LogP contribution in [0.1, 0.15) is 5.69 Å². The molecule has 0 saturated heterocycles. The lowest BCUT2D eigenvalue weighted by atomic mass is 10.3. The van der Waals surface area contributed by atoms with Crippen molar-refractivity contribution in [1.29, 1.82) is 0 Å². The molecule has 20 heavy (non-hydrogen) atoms. The molecule has 0 atom stereocenters. The van der Waals surface area contributed by atoms with Gasteiger partial charge < -0.3 is 5.73 Å². The molecule has 0 fully saturated rings. The maximum Gasteiger partial charge on any atom is 0.266 e. The average molecular weight is 356 g/mol. The maximum atomic E-state index is 13.7. The summed E-state index contributed by atoms with van der Waals surface area (Å²) in [6, 6.07) is 1.79. The summed E-state index contributed by atoms with van der Waals surface area (Å²) in [5, 5.41) is -0.0139. The first-order chi connectivity index (χ1) is 9.20. The van der Waals surface area contributed by atoms with Crippen LogP contribution in [-0.4, -0.2) is 13.4 Å². The Balaban J connectivity index is 2.43. The van der Waals surface area contributed by atoms with E-state index in [2.05, 4.69) is 9.71 Å². The zero-order chi connectivity index (χ0) is 15.1. The van der Waals surface area contributed by atoms with Crippen molar-refractivity contribution in [3.05, 3.63) is 33.0 Å². The molecule has 2 aromatic rings. The fourth-order valence-electron chi connectivity index (χ4n) is 1.34. The Bertz CT molecular complexity index is 758. The van der Waals surface area contributed by atoms with Crippen molar-refractivity contribution >= 4 is 55.4 Å². The SMILES string of the molecule is Cc1nc(NS(=O)(=O)c2cc(Cl)c(N)cc2F)sc1Cl. The van der Waals surface area contributed by atoms with Crippen molar-refractivity contribution < 1.29 is 12.8 Å². The van der Waals surface area contributed by atoms with Crippen molar-refractivity contribution in [3.63, 3.8) is 0 Å². The van der Waals surface area contributed by atoms with Crippen molar-refractivity contribution in [2.24, 2.45) is 0 Å². The first kappa shape index (κ1) is 15.3. The Morgan fingerprint density at radius 2 is 2.05 bits per heavy atom. The molecule has 0 radical (unpaired) electrons. The minimum absolute atomic E-state index is 0.0415. The Kier molecular flexibility index (Phi) is 4.10. The molecule has 0 aliphatic heterocycles. The third-order valence-corrected chi connectivity index (χ3v) is 5.48. The van der Waals surface area contributed by atoms with Gasteiger partial charge in [-0.3, -0.25) is 4.72 Å². The zero-order valence-corrected chi connectivity index (χ0v) is 13.1. The van der Waals surface area contributed by atoms with Crippen LogP contribution in [0, 0.1) is 12.7 Å². The lowest BCUT2D eigenvalue weighted by Gasteiger charge is -2.08. The number of aromatic nitrogens is 1. The fourth-order valence-corrected chi connectivity index (χ4v) is 3.85. The van der Waals surface area contributed by atoms with Gasteiger partial charge in [0.2, 0.25) is 0 Å². The van der Waals surface area contributed by atoms with Crippen molar-refractivity contribution in [3.8, 4) is 0 Å². The molecule has 0 aliphatic rings. The van der Waals surface area contributed by atoms with Crippen LogP contribution in [0.2, 0.25) is 9.36 Å². The highest BCUT2D eigenvalue weighted by Crippen LogP contribution is 2.31. The second-order valence-electron chi connectivity index (χ2n) is 3.79. The summed E-state index contributed by atoms with van der Waals surface area (Å²) in [7, 11) is -4.16. The van der Waals surface area contributed by atoms with Crippen molar-refractivity contribution in [1.82, 2.24) is 4.98 Å². The third-order valence-electron chi connectivity index (χ3n) is 2.30. The summed E-state index contributed by atoms with van der Waals surface area (Å²) in [4.78, 5) is 3.30. The Morgan fingerprint density at radius 3 is 2.60 bits per heavy atom. The number of benzene rings is 1. The molecule has 10 heteroatoms. The largest absolute Gasteiger partial charge is 0.397 e. The molecule has 0 unspecified atom stereocenters. The number of nitrogen functional groups attached to an aromatic ring is 1. The molecule has 108 valence electrons. The number of sulfonamides is 1. The van der Waals surface area contributed by atoms with Crippen molar-refractivity contribution in [2.45, 2.75) is 11.8 Å². The summed E-state index contributed by atoms with van der Waals surface area (Å²) in [6.45, 7) is 1.62. The maximum absolute atomic E-state index is 13.7. The first-order valence-electron chi connectivity index (χ1n) is 5.11. The summed E-state index contributed by atoms with van der Waals surface area (Å²) in [5.41, 5.74) is 5.83. The molecule has 1 aromatic heterocycles. The third kappa shape index (κ3) is 2.98. The van der Waals surface area contributed by atoms with Crippen LogP contribution in [0.15, 0.2) is 17.0 Å². The van der Waals surface area contributed by atoms with E-state index in [9.17, 15) is 12.8 Å². The van der Waals surface area contributed by atoms with E-state index >= 15 is 0 Å². The molecule has 1 heterocycles. The Hall–Kier alpha value is -1.09. The number of hydrogen-bond acceptors (Lipinski definition) is 5. The Labute approximate surface area is 128 Å². The predicted molar refractivity (Wildman–Crippen MR) is 78.5 cm³/mol. The topological polar surface area (TPSA) is 85.1 Å². The highest BCUT2D eigenvalue weighted by Gasteiger charge is 2.22. The fraction of sp³-hybridized carbons (Fsp3) is 0.100. The monoisotopic (exact) mass is 355 g/mol. The number of nitrogens with zero attached hydrogens (tertiary/aromatic N) is 1. The molecule has 2 rings (SSSR count). The number of thiazole rings is 1. The van der Waals surface area contributed by atoms with Crippen LogP contribution in [0.25, 0.3) is 0 Å². The minimum Gasteiger partial charge on any atom is -0.397 e. The van der Waals surface area contributed by atoms with Crippen molar-refractivity contribution in [2.75, 3.05) is 10.5 Å². The first-order valence-corrected chi connectivity index (χ1v) is 8.16. The van der Waals surface area contributed by atoms with Gasteiger partial charge in [0.25, 0.3) is 10.0 Å². The van der Waals surface area contributed by atoms with Gasteiger partial charge >= 0.3 is 0 Å². The highest BCUT2D eigenvalue weighted by atomic mass is 35.5. The predicted octanol–water partition coefficient (Wildman–Crippen LogP) is 3.28. The number of aryl methyl sites for hydroxylation is 1. The molecule has 5 nitrogen and oxygen atoms in total. The van der Waals surface area contributed by atoms with Gasteiger partial charge in [0.05, 0.1) is 16.4 Å². The van der Waals surface area contributed by atoms with E-state index in [1.165, 1.54) is 0 Å². The smallest absolute Gasteiger partial charge is 0.266 e. The van der Waals surface area contributed by atoms with E-state index in [1.807, 2.05) is 0 Å². The average Bonchev–Trinajstić information content (AvgIpc) is 2.61. The van der Waals surface area contributed by atoms with Gasteiger partial charge in [-0.05, 0) is 19.1 Å².